The zero-order valence-electron chi connectivity index (χ0n) is 20.8. The second-order valence-electron chi connectivity index (χ2n) is 9.36. The molecular formula is C25H37ClN8O2. The van der Waals surface area contributed by atoms with Crippen molar-refractivity contribution in [3.05, 3.63) is 46.2 Å². The minimum absolute atomic E-state index is 0.0121. The van der Waals surface area contributed by atoms with E-state index >= 15 is 0 Å². The molecule has 1 fully saturated rings. The Bertz CT molecular complexity index is 1040. The average molecular weight is 517 g/mol. The van der Waals surface area contributed by atoms with Crippen LogP contribution in [0.2, 0.25) is 5.15 Å². The summed E-state index contributed by atoms with van der Waals surface area (Å²) < 4.78 is 0. The number of carbonyl (C=O) groups is 2. The number of nitrogens with zero attached hydrogens (tertiary/aromatic N) is 3. The Balaban J connectivity index is 1.56. The largest absolute Gasteiger partial charge is 0.382 e. The molecule has 1 aliphatic heterocycles. The second-order valence-corrected chi connectivity index (χ2v) is 9.72. The van der Waals surface area contributed by atoms with E-state index in [2.05, 4.69) is 39.7 Å². The van der Waals surface area contributed by atoms with Crippen LogP contribution in [0.1, 0.15) is 40.9 Å². The molecule has 1 atom stereocenters. The standard InChI is InChI=1S/C25H37ClN8O2/c1-16-4-2-3-5-19(16)12-18(15-31-25(36)21-23(28)33-24(29)22(26)32-21)14-30-13-17-7-10-34(11-8-17)20(35)6-9-27/h2-5,17-18,30H,6-15,27H2,1H3,(H,31,36)(H4,28,29,33). The second kappa shape index (κ2) is 13.4. The van der Waals surface area contributed by atoms with Crippen molar-refractivity contribution in [3.8, 4) is 0 Å². The van der Waals surface area contributed by atoms with Gasteiger partial charge < -0.3 is 32.7 Å². The number of hydrogen-bond donors (Lipinski definition) is 5. The third-order valence-electron chi connectivity index (χ3n) is 6.63. The van der Waals surface area contributed by atoms with Crippen LogP contribution in [0.3, 0.4) is 0 Å². The van der Waals surface area contributed by atoms with Gasteiger partial charge in [0.1, 0.15) is 0 Å². The number of halogens is 1. The van der Waals surface area contributed by atoms with Crippen molar-refractivity contribution in [2.45, 2.75) is 32.6 Å². The van der Waals surface area contributed by atoms with Crippen molar-refractivity contribution in [3.63, 3.8) is 0 Å². The molecule has 0 saturated carbocycles. The van der Waals surface area contributed by atoms with E-state index in [0.717, 1.165) is 45.4 Å². The molecule has 1 aliphatic rings. The average Bonchev–Trinajstić information content (AvgIpc) is 2.86. The summed E-state index contributed by atoms with van der Waals surface area (Å²) >= 11 is 5.93. The third kappa shape index (κ3) is 7.78. The summed E-state index contributed by atoms with van der Waals surface area (Å²) in [7, 11) is 0. The van der Waals surface area contributed by atoms with Gasteiger partial charge in [-0.15, -0.1) is 0 Å². The van der Waals surface area contributed by atoms with E-state index in [1.165, 1.54) is 11.1 Å². The van der Waals surface area contributed by atoms with E-state index < -0.39 is 5.91 Å². The predicted octanol–water partition coefficient (Wildman–Crippen LogP) is 1.37. The van der Waals surface area contributed by atoms with Gasteiger partial charge in [0.2, 0.25) is 5.91 Å². The maximum absolute atomic E-state index is 12.8. The van der Waals surface area contributed by atoms with Crippen molar-refractivity contribution in [2.75, 3.05) is 50.7 Å². The number of benzene rings is 1. The fraction of sp³-hybridized carbons (Fsp3) is 0.520. The molecule has 0 bridgehead atoms. The van der Waals surface area contributed by atoms with Crippen molar-refractivity contribution < 1.29 is 9.59 Å². The Labute approximate surface area is 217 Å². The lowest BCUT2D eigenvalue weighted by Crippen LogP contribution is -2.42. The molecule has 1 unspecified atom stereocenters. The Hall–Kier alpha value is -2.95. The first-order valence-electron chi connectivity index (χ1n) is 12.4. The molecule has 10 nitrogen and oxygen atoms in total. The molecule has 8 N–H and O–H groups in total. The van der Waals surface area contributed by atoms with Crippen molar-refractivity contribution in [1.29, 1.82) is 0 Å². The maximum atomic E-state index is 12.8. The molecule has 36 heavy (non-hydrogen) atoms. The fourth-order valence-corrected chi connectivity index (χ4v) is 4.58. The third-order valence-corrected chi connectivity index (χ3v) is 6.91. The number of carbonyl (C=O) groups excluding carboxylic acids is 2. The number of nitrogen functional groups attached to an aromatic ring is 2. The fourth-order valence-electron chi connectivity index (χ4n) is 4.46. The van der Waals surface area contributed by atoms with Crippen LogP contribution in [-0.4, -0.2) is 66.0 Å². The summed E-state index contributed by atoms with van der Waals surface area (Å²) in [6.07, 6.45) is 3.15. The van der Waals surface area contributed by atoms with E-state index in [9.17, 15) is 9.59 Å². The van der Waals surface area contributed by atoms with Gasteiger partial charge in [0.05, 0.1) is 0 Å². The van der Waals surface area contributed by atoms with Gasteiger partial charge in [-0.25, -0.2) is 9.97 Å². The van der Waals surface area contributed by atoms with Crippen LogP contribution in [0, 0.1) is 18.8 Å². The van der Waals surface area contributed by atoms with Crippen LogP contribution < -0.4 is 27.8 Å². The van der Waals surface area contributed by atoms with Gasteiger partial charge in [0.15, 0.2) is 22.5 Å². The molecular weight excluding hydrogens is 480 g/mol. The van der Waals surface area contributed by atoms with Gasteiger partial charge >= 0.3 is 0 Å². The molecule has 3 rings (SSSR count). The Morgan fingerprint density at radius 1 is 1.14 bits per heavy atom. The Morgan fingerprint density at radius 3 is 2.56 bits per heavy atom. The van der Waals surface area contributed by atoms with Crippen LogP contribution >= 0.6 is 11.6 Å². The number of aryl methyl sites for hydroxylation is 1. The number of nitrogens with one attached hydrogen (secondary N) is 2. The van der Waals surface area contributed by atoms with E-state index in [1.807, 2.05) is 17.0 Å². The van der Waals surface area contributed by atoms with Crippen LogP contribution in [0.25, 0.3) is 0 Å². The SMILES string of the molecule is Cc1ccccc1CC(CNCC1CCN(C(=O)CCN)CC1)CNC(=O)c1nc(Cl)c(N)nc1N. The van der Waals surface area contributed by atoms with Crippen molar-refractivity contribution in [2.24, 2.45) is 17.6 Å². The van der Waals surface area contributed by atoms with Crippen LogP contribution in [0.15, 0.2) is 24.3 Å². The molecule has 1 aromatic carbocycles. The highest BCUT2D eigenvalue weighted by Crippen LogP contribution is 2.19. The van der Waals surface area contributed by atoms with Crippen molar-refractivity contribution >= 4 is 35.1 Å². The molecule has 196 valence electrons. The molecule has 11 heteroatoms. The molecule has 1 aromatic heterocycles. The summed E-state index contributed by atoms with van der Waals surface area (Å²) in [6, 6.07) is 8.24. The molecule has 2 aromatic rings. The first-order valence-corrected chi connectivity index (χ1v) is 12.8. The van der Waals surface area contributed by atoms with Crippen molar-refractivity contribution in [1.82, 2.24) is 25.5 Å². The van der Waals surface area contributed by atoms with Gasteiger partial charge in [-0.05, 0) is 62.2 Å². The first-order chi connectivity index (χ1) is 17.3. The van der Waals surface area contributed by atoms with Gasteiger partial charge in [-0.2, -0.15) is 0 Å². The highest BCUT2D eigenvalue weighted by Gasteiger charge is 2.23. The number of piperidine rings is 1. The molecule has 2 heterocycles. The van der Waals surface area contributed by atoms with Crippen LogP contribution in [0.5, 0.6) is 0 Å². The maximum Gasteiger partial charge on any atom is 0.273 e. The molecule has 0 aliphatic carbocycles. The first kappa shape index (κ1) is 27.6. The number of likely N-dealkylation sites (tertiary alicyclic amines) is 1. The normalized spacial score (nSPS) is 15.0. The number of rotatable bonds is 11. The van der Waals surface area contributed by atoms with E-state index in [0.29, 0.717) is 25.4 Å². The van der Waals surface area contributed by atoms with E-state index in [4.69, 9.17) is 28.8 Å². The molecule has 0 spiro atoms. The van der Waals surface area contributed by atoms with Crippen LogP contribution in [-0.2, 0) is 11.2 Å². The van der Waals surface area contributed by atoms with Gasteiger partial charge in [-0.1, -0.05) is 35.9 Å². The number of anilines is 2. The lowest BCUT2D eigenvalue weighted by Gasteiger charge is -2.32. The van der Waals surface area contributed by atoms with Gasteiger partial charge in [0, 0.05) is 32.6 Å². The lowest BCUT2D eigenvalue weighted by atomic mass is 9.94. The van der Waals surface area contributed by atoms with E-state index in [1.54, 1.807) is 0 Å². The highest BCUT2D eigenvalue weighted by atomic mass is 35.5. The Morgan fingerprint density at radius 2 is 1.86 bits per heavy atom. The topological polar surface area (TPSA) is 165 Å². The molecule has 2 amide bonds. The summed E-state index contributed by atoms with van der Waals surface area (Å²) in [5.74, 6) is 0.283. The monoisotopic (exact) mass is 516 g/mol. The van der Waals surface area contributed by atoms with Gasteiger partial charge in [-0.3, -0.25) is 9.59 Å². The molecule has 1 saturated heterocycles. The number of aromatic nitrogens is 2. The minimum atomic E-state index is -0.439. The zero-order valence-corrected chi connectivity index (χ0v) is 21.6. The van der Waals surface area contributed by atoms with E-state index in [-0.39, 0.29) is 34.3 Å². The number of amides is 2. The minimum Gasteiger partial charge on any atom is -0.382 e. The molecule has 0 radical (unpaired) electrons. The summed E-state index contributed by atoms with van der Waals surface area (Å²) in [5.41, 5.74) is 19.4. The number of nitrogens with two attached hydrogens (primary N) is 3. The summed E-state index contributed by atoms with van der Waals surface area (Å²) in [5, 5.41) is 6.47. The summed E-state index contributed by atoms with van der Waals surface area (Å²) in [4.78, 5) is 34.6. The summed E-state index contributed by atoms with van der Waals surface area (Å²) in [6.45, 7) is 6.05. The highest BCUT2D eigenvalue weighted by molar-refractivity contribution is 6.31. The quantitative estimate of drug-likeness (QED) is 0.298. The Kier molecular flexibility index (Phi) is 10.3. The van der Waals surface area contributed by atoms with Crippen LogP contribution in [0.4, 0.5) is 11.6 Å². The lowest BCUT2D eigenvalue weighted by molar-refractivity contribution is -0.132. The number of hydrogen-bond acceptors (Lipinski definition) is 8. The predicted molar refractivity (Wildman–Crippen MR) is 142 cm³/mol. The smallest absolute Gasteiger partial charge is 0.273 e. The van der Waals surface area contributed by atoms with Gasteiger partial charge in [0.25, 0.3) is 5.91 Å². The zero-order chi connectivity index (χ0) is 26.1.